The molecular weight excluding hydrogens is 106 g/mol. The Bertz CT molecular complexity index is 72.8. The number of hydrogen-bond acceptors (Lipinski definition) is 2. The summed E-state index contributed by atoms with van der Waals surface area (Å²) in [6.45, 7) is 1.73. The second-order valence-electron chi connectivity index (χ2n) is 1.35. The fraction of sp³-hybridized carbons (Fsp3) is 0.800. The van der Waals surface area contributed by atoms with Gasteiger partial charge in [-0.3, -0.25) is 4.79 Å². The first kappa shape index (κ1) is 10.4. The van der Waals surface area contributed by atoms with Gasteiger partial charge in [0.1, 0.15) is 6.04 Å². The van der Waals surface area contributed by atoms with Crippen molar-refractivity contribution in [1.29, 1.82) is 0 Å². The lowest BCUT2D eigenvalue weighted by molar-refractivity contribution is -0.138. The van der Waals surface area contributed by atoms with Gasteiger partial charge in [-0.05, 0) is 6.42 Å². The normalized spacial score (nSPS) is 11.8. The van der Waals surface area contributed by atoms with Crippen molar-refractivity contribution in [1.82, 2.24) is 0 Å². The summed E-state index contributed by atoms with van der Waals surface area (Å²) in [6.07, 6.45) is 0.495. The molecule has 0 aliphatic rings. The molecule has 0 aromatic heterocycles. The van der Waals surface area contributed by atoms with E-state index in [1.165, 1.54) is 0 Å². The van der Waals surface area contributed by atoms with E-state index in [0.29, 0.717) is 6.42 Å². The van der Waals surface area contributed by atoms with Crippen LogP contribution in [0.25, 0.3) is 0 Å². The maximum absolute atomic E-state index is 9.81. The molecule has 0 rings (SSSR count). The SMILES string of the molecule is C.CCC(N)C(=O)O. The highest BCUT2D eigenvalue weighted by Gasteiger charge is 2.05. The van der Waals surface area contributed by atoms with Crippen molar-refractivity contribution in [2.45, 2.75) is 26.8 Å². The molecule has 3 nitrogen and oxygen atoms in total. The fourth-order valence-corrected chi connectivity index (χ4v) is 0.175. The summed E-state index contributed by atoms with van der Waals surface area (Å²) in [5.41, 5.74) is 5.02. The molecule has 0 heterocycles. The Labute approximate surface area is 49.5 Å². The van der Waals surface area contributed by atoms with Gasteiger partial charge >= 0.3 is 5.97 Å². The van der Waals surface area contributed by atoms with Crippen LogP contribution in [0.3, 0.4) is 0 Å². The van der Waals surface area contributed by atoms with E-state index in [1.807, 2.05) is 0 Å². The minimum atomic E-state index is -0.928. The Morgan fingerprint density at radius 2 is 2.25 bits per heavy atom. The van der Waals surface area contributed by atoms with E-state index in [4.69, 9.17) is 10.8 Å². The van der Waals surface area contributed by atoms with Crippen LogP contribution in [0.2, 0.25) is 0 Å². The lowest BCUT2D eigenvalue weighted by atomic mass is 10.2. The van der Waals surface area contributed by atoms with Crippen molar-refractivity contribution in [3.8, 4) is 0 Å². The number of carboxylic acid groups (broad SMARTS) is 1. The van der Waals surface area contributed by atoms with Crippen molar-refractivity contribution in [3.63, 3.8) is 0 Å². The van der Waals surface area contributed by atoms with Gasteiger partial charge in [0, 0.05) is 0 Å². The smallest absolute Gasteiger partial charge is 0.320 e. The van der Waals surface area contributed by atoms with Crippen LogP contribution >= 0.6 is 0 Å². The first-order valence-electron chi connectivity index (χ1n) is 2.17. The molecule has 3 heteroatoms. The number of aliphatic carboxylic acids is 1. The van der Waals surface area contributed by atoms with Crippen LogP contribution in [0.5, 0.6) is 0 Å². The highest BCUT2D eigenvalue weighted by molar-refractivity contribution is 5.72. The summed E-state index contributed by atoms with van der Waals surface area (Å²) in [6, 6.07) is -0.681. The minimum Gasteiger partial charge on any atom is -0.480 e. The predicted octanol–water partition coefficient (Wildman–Crippen LogP) is 0.444. The van der Waals surface area contributed by atoms with E-state index in [0.717, 1.165) is 0 Å². The van der Waals surface area contributed by atoms with Crippen LogP contribution in [0, 0.1) is 0 Å². The summed E-state index contributed by atoms with van der Waals surface area (Å²) in [7, 11) is 0. The van der Waals surface area contributed by atoms with E-state index in [1.54, 1.807) is 6.92 Å². The Morgan fingerprint density at radius 3 is 2.25 bits per heavy atom. The molecule has 0 fully saturated rings. The lowest BCUT2D eigenvalue weighted by Gasteiger charge is -1.97. The average Bonchev–Trinajstić information content (AvgIpc) is 1.65. The summed E-state index contributed by atoms with van der Waals surface area (Å²) in [5, 5.41) is 8.06. The van der Waals surface area contributed by atoms with Gasteiger partial charge in [-0.1, -0.05) is 14.4 Å². The second-order valence-corrected chi connectivity index (χ2v) is 1.35. The number of hydrogen-bond donors (Lipinski definition) is 2. The summed E-state index contributed by atoms with van der Waals surface area (Å²) < 4.78 is 0. The van der Waals surface area contributed by atoms with E-state index in [9.17, 15) is 4.79 Å². The van der Waals surface area contributed by atoms with Gasteiger partial charge in [-0.2, -0.15) is 0 Å². The molecule has 50 valence electrons. The monoisotopic (exact) mass is 119 g/mol. The van der Waals surface area contributed by atoms with Gasteiger partial charge in [-0.15, -0.1) is 0 Å². The van der Waals surface area contributed by atoms with Crippen molar-refractivity contribution >= 4 is 5.97 Å². The van der Waals surface area contributed by atoms with Crippen molar-refractivity contribution in [2.75, 3.05) is 0 Å². The average molecular weight is 119 g/mol. The topological polar surface area (TPSA) is 63.3 Å². The molecule has 0 aromatic carbocycles. The number of carboxylic acids is 1. The zero-order valence-electron chi connectivity index (χ0n) is 4.22. The van der Waals surface area contributed by atoms with E-state index in [2.05, 4.69) is 0 Å². The second kappa shape index (κ2) is 4.59. The minimum absolute atomic E-state index is 0. The third-order valence-corrected chi connectivity index (χ3v) is 0.757. The molecule has 1 atom stereocenters. The van der Waals surface area contributed by atoms with Crippen LogP contribution in [-0.4, -0.2) is 17.1 Å². The Balaban J connectivity index is 0. The van der Waals surface area contributed by atoms with Crippen LogP contribution in [0.15, 0.2) is 0 Å². The molecule has 0 amide bonds. The quantitative estimate of drug-likeness (QED) is 0.554. The zero-order valence-corrected chi connectivity index (χ0v) is 4.22. The standard InChI is InChI=1S/C4H9NO2.CH4/c1-2-3(5)4(6)7;/h3H,2,5H2,1H3,(H,6,7);1H4. The van der Waals surface area contributed by atoms with Gasteiger partial charge in [0.15, 0.2) is 0 Å². The predicted molar refractivity (Wildman–Crippen MR) is 32.6 cm³/mol. The Morgan fingerprint density at radius 1 is 1.88 bits per heavy atom. The van der Waals surface area contributed by atoms with Gasteiger partial charge in [0.2, 0.25) is 0 Å². The van der Waals surface area contributed by atoms with Crippen LogP contribution in [0.1, 0.15) is 20.8 Å². The maximum atomic E-state index is 9.81. The largest absolute Gasteiger partial charge is 0.480 e. The number of carbonyl (C=O) groups is 1. The maximum Gasteiger partial charge on any atom is 0.320 e. The van der Waals surface area contributed by atoms with Crippen LogP contribution in [-0.2, 0) is 4.79 Å². The van der Waals surface area contributed by atoms with Crippen molar-refractivity contribution < 1.29 is 9.90 Å². The molecule has 8 heavy (non-hydrogen) atoms. The molecular formula is C5H13NO2. The molecule has 0 aliphatic carbocycles. The Kier molecular flexibility index (Phi) is 5.97. The van der Waals surface area contributed by atoms with E-state index >= 15 is 0 Å². The van der Waals surface area contributed by atoms with Gasteiger partial charge in [0.05, 0.1) is 0 Å². The molecule has 0 radical (unpaired) electrons. The van der Waals surface area contributed by atoms with E-state index < -0.39 is 12.0 Å². The first-order valence-corrected chi connectivity index (χ1v) is 2.17. The summed E-state index contributed by atoms with van der Waals surface area (Å²) in [5.74, 6) is -0.928. The molecule has 0 aromatic rings. The van der Waals surface area contributed by atoms with Crippen LogP contribution < -0.4 is 5.73 Å². The summed E-state index contributed by atoms with van der Waals surface area (Å²) >= 11 is 0. The molecule has 0 aliphatic heterocycles. The molecule has 0 saturated carbocycles. The third-order valence-electron chi connectivity index (χ3n) is 0.757. The van der Waals surface area contributed by atoms with E-state index in [-0.39, 0.29) is 7.43 Å². The molecule has 0 bridgehead atoms. The first-order chi connectivity index (χ1) is 3.18. The third kappa shape index (κ3) is 3.61. The lowest BCUT2D eigenvalue weighted by Crippen LogP contribution is -2.28. The zero-order chi connectivity index (χ0) is 5.86. The van der Waals surface area contributed by atoms with Crippen molar-refractivity contribution in [3.05, 3.63) is 0 Å². The molecule has 3 N–H and O–H groups in total. The summed E-state index contributed by atoms with van der Waals surface area (Å²) in [4.78, 5) is 9.81. The van der Waals surface area contributed by atoms with Gasteiger partial charge in [-0.25, -0.2) is 0 Å². The molecule has 0 saturated heterocycles. The molecule has 0 spiro atoms. The number of nitrogens with two attached hydrogens (primary N) is 1. The number of rotatable bonds is 2. The van der Waals surface area contributed by atoms with Crippen LogP contribution in [0.4, 0.5) is 0 Å². The fourth-order valence-electron chi connectivity index (χ4n) is 0.175. The Hall–Kier alpha value is -0.570. The van der Waals surface area contributed by atoms with Crippen molar-refractivity contribution in [2.24, 2.45) is 5.73 Å². The van der Waals surface area contributed by atoms with Gasteiger partial charge < -0.3 is 10.8 Å². The highest BCUT2D eigenvalue weighted by atomic mass is 16.4. The van der Waals surface area contributed by atoms with Gasteiger partial charge in [0.25, 0.3) is 0 Å². The molecule has 1 unspecified atom stereocenters. The highest BCUT2D eigenvalue weighted by Crippen LogP contribution is 1.82.